The number of aryl methyl sites for hydroxylation is 2. The summed E-state index contributed by atoms with van der Waals surface area (Å²) in [5, 5.41) is 5.15. The molecule has 5 heteroatoms. The Bertz CT molecular complexity index is 852. The van der Waals surface area contributed by atoms with Gasteiger partial charge in [0, 0.05) is 16.6 Å². The Morgan fingerprint density at radius 1 is 1.04 bits per heavy atom. The van der Waals surface area contributed by atoms with Crippen LogP contribution in [0.2, 0.25) is 0 Å². The molecule has 0 saturated heterocycles. The molecule has 0 spiro atoms. The number of hydrogen-bond acceptors (Lipinski definition) is 4. The van der Waals surface area contributed by atoms with Gasteiger partial charge >= 0.3 is 0 Å². The minimum atomic E-state index is 0.0158. The molecular weight excluding hydrogens is 360 g/mol. The van der Waals surface area contributed by atoms with Gasteiger partial charge in [-0.05, 0) is 24.0 Å². The predicted octanol–water partition coefficient (Wildman–Crippen LogP) is 5.67. The van der Waals surface area contributed by atoms with Crippen LogP contribution >= 0.6 is 23.1 Å². The fourth-order valence-corrected chi connectivity index (χ4v) is 4.41. The van der Waals surface area contributed by atoms with Crippen LogP contribution in [0.15, 0.2) is 58.3 Å². The molecule has 134 valence electrons. The van der Waals surface area contributed by atoms with E-state index in [-0.39, 0.29) is 5.91 Å². The zero-order chi connectivity index (χ0) is 18.4. The Morgan fingerprint density at radius 3 is 2.38 bits per heavy atom. The van der Waals surface area contributed by atoms with Crippen LogP contribution in [-0.2, 0) is 17.6 Å². The van der Waals surface area contributed by atoms with Gasteiger partial charge in [-0.25, -0.2) is 4.98 Å². The zero-order valence-corrected chi connectivity index (χ0v) is 16.6. The second-order valence-corrected chi connectivity index (χ2v) is 7.94. The fraction of sp³-hybridized carbons (Fsp3) is 0.238. The number of benzene rings is 2. The maximum atomic E-state index is 12.4. The summed E-state index contributed by atoms with van der Waals surface area (Å²) < 4.78 is 0.915. The Hall–Kier alpha value is -2.11. The molecule has 3 aromatic rings. The minimum Gasteiger partial charge on any atom is -0.325 e. The third kappa shape index (κ3) is 4.54. The van der Waals surface area contributed by atoms with E-state index in [1.807, 2.05) is 35.7 Å². The quantitative estimate of drug-likeness (QED) is 0.536. The van der Waals surface area contributed by atoms with Gasteiger partial charge in [-0.2, -0.15) is 0 Å². The summed E-state index contributed by atoms with van der Waals surface area (Å²) in [5.74, 6) is 0.380. The van der Waals surface area contributed by atoms with Gasteiger partial charge in [0.15, 0.2) is 4.34 Å². The first kappa shape index (κ1) is 18.7. The first-order chi connectivity index (χ1) is 12.7. The van der Waals surface area contributed by atoms with E-state index in [0.29, 0.717) is 5.75 Å². The van der Waals surface area contributed by atoms with Gasteiger partial charge in [-0.15, -0.1) is 11.3 Å². The highest BCUT2D eigenvalue weighted by molar-refractivity contribution is 8.01. The Kier molecular flexibility index (Phi) is 6.47. The number of aromatic nitrogens is 1. The zero-order valence-electron chi connectivity index (χ0n) is 15.0. The van der Waals surface area contributed by atoms with Gasteiger partial charge in [0.25, 0.3) is 0 Å². The molecule has 1 N–H and O–H groups in total. The van der Waals surface area contributed by atoms with Gasteiger partial charge in [-0.3, -0.25) is 4.79 Å². The molecule has 1 aromatic heterocycles. The van der Waals surface area contributed by atoms with Crippen LogP contribution in [0.4, 0.5) is 5.69 Å². The highest BCUT2D eigenvalue weighted by Crippen LogP contribution is 2.29. The molecule has 0 aliphatic carbocycles. The monoisotopic (exact) mass is 382 g/mol. The van der Waals surface area contributed by atoms with Crippen LogP contribution in [0.3, 0.4) is 0 Å². The SMILES string of the molecule is CCc1cccc(CC)c1NC(=O)CSc1nc(-c2ccccc2)cs1. The average molecular weight is 383 g/mol. The van der Waals surface area contributed by atoms with Crippen LogP contribution in [0, 0.1) is 0 Å². The smallest absolute Gasteiger partial charge is 0.234 e. The third-order valence-electron chi connectivity index (χ3n) is 4.14. The van der Waals surface area contributed by atoms with Crippen LogP contribution in [0.1, 0.15) is 25.0 Å². The number of carbonyl (C=O) groups excluding carboxylic acids is 1. The predicted molar refractivity (Wildman–Crippen MR) is 112 cm³/mol. The fourth-order valence-electron chi connectivity index (χ4n) is 2.77. The summed E-state index contributed by atoms with van der Waals surface area (Å²) >= 11 is 3.07. The normalized spacial score (nSPS) is 10.7. The second-order valence-electron chi connectivity index (χ2n) is 5.86. The number of thiazole rings is 1. The Labute approximate surface area is 162 Å². The topological polar surface area (TPSA) is 42.0 Å². The summed E-state index contributed by atoms with van der Waals surface area (Å²) in [6.45, 7) is 4.22. The van der Waals surface area contributed by atoms with Gasteiger partial charge in [0.05, 0.1) is 11.4 Å². The first-order valence-corrected chi connectivity index (χ1v) is 10.6. The Balaban J connectivity index is 1.63. The van der Waals surface area contributed by atoms with Crippen LogP contribution < -0.4 is 5.32 Å². The van der Waals surface area contributed by atoms with Crippen molar-refractivity contribution in [1.82, 2.24) is 4.98 Å². The number of thioether (sulfide) groups is 1. The van der Waals surface area contributed by atoms with E-state index in [1.165, 1.54) is 22.9 Å². The molecule has 0 saturated carbocycles. The van der Waals surface area contributed by atoms with E-state index in [0.717, 1.165) is 34.1 Å². The molecule has 2 aromatic carbocycles. The summed E-state index contributed by atoms with van der Waals surface area (Å²) in [7, 11) is 0. The van der Waals surface area contributed by atoms with E-state index in [2.05, 4.69) is 42.3 Å². The highest BCUT2D eigenvalue weighted by Gasteiger charge is 2.12. The molecule has 0 atom stereocenters. The summed E-state index contributed by atoms with van der Waals surface area (Å²) in [6, 6.07) is 16.3. The molecule has 3 nitrogen and oxygen atoms in total. The standard InChI is InChI=1S/C21H22N2OS2/c1-3-15-11-8-12-16(4-2)20(15)23-19(24)14-26-21-22-18(13-25-21)17-9-6-5-7-10-17/h5-13H,3-4,14H2,1-2H3,(H,23,24). The molecule has 0 unspecified atom stereocenters. The first-order valence-electron chi connectivity index (χ1n) is 8.75. The third-order valence-corrected chi connectivity index (χ3v) is 6.16. The van der Waals surface area contributed by atoms with Crippen LogP contribution in [-0.4, -0.2) is 16.6 Å². The van der Waals surface area contributed by atoms with Crippen molar-refractivity contribution >= 4 is 34.7 Å². The number of hydrogen-bond donors (Lipinski definition) is 1. The lowest BCUT2D eigenvalue weighted by Gasteiger charge is -2.14. The maximum Gasteiger partial charge on any atom is 0.234 e. The molecule has 3 rings (SSSR count). The minimum absolute atomic E-state index is 0.0158. The van der Waals surface area contributed by atoms with Gasteiger partial charge < -0.3 is 5.32 Å². The van der Waals surface area contributed by atoms with Gasteiger partial charge in [0.2, 0.25) is 5.91 Å². The lowest BCUT2D eigenvalue weighted by atomic mass is 10.0. The average Bonchev–Trinajstić information content (AvgIpc) is 3.16. The summed E-state index contributed by atoms with van der Waals surface area (Å²) in [6.07, 6.45) is 1.81. The van der Waals surface area contributed by atoms with Crippen molar-refractivity contribution in [3.63, 3.8) is 0 Å². The number of amides is 1. The van der Waals surface area contributed by atoms with Crippen molar-refractivity contribution in [2.24, 2.45) is 0 Å². The van der Waals surface area contributed by atoms with Crippen LogP contribution in [0.5, 0.6) is 0 Å². The maximum absolute atomic E-state index is 12.4. The molecule has 0 aliphatic rings. The number of nitrogens with zero attached hydrogens (tertiary/aromatic N) is 1. The van der Waals surface area contributed by atoms with Crippen molar-refractivity contribution < 1.29 is 4.79 Å². The summed E-state index contributed by atoms with van der Waals surface area (Å²) in [5.41, 5.74) is 5.41. The molecule has 26 heavy (non-hydrogen) atoms. The largest absolute Gasteiger partial charge is 0.325 e. The molecule has 0 fully saturated rings. The molecule has 1 heterocycles. The lowest BCUT2D eigenvalue weighted by Crippen LogP contribution is -2.16. The van der Waals surface area contributed by atoms with E-state index in [9.17, 15) is 4.79 Å². The molecule has 0 radical (unpaired) electrons. The van der Waals surface area contributed by atoms with Gasteiger partial charge in [-0.1, -0.05) is 74.1 Å². The van der Waals surface area contributed by atoms with Gasteiger partial charge in [0.1, 0.15) is 0 Å². The van der Waals surface area contributed by atoms with E-state index >= 15 is 0 Å². The number of nitrogens with one attached hydrogen (secondary N) is 1. The molecule has 1 amide bonds. The van der Waals surface area contributed by atoms with Crippen molar-refractivity contribution in [2.45, 2.75) is 31.0 Å². The van der Waals surface area contributed by atoms with Crippen molar-refractivity contribution in [2.75, 3.05) is 11.1 Å². The lowest BCUT2D eigenvalue weighted by molar-refractivity contribution is -0.113. The highest BCUT2D eigenvalue weighted by atomic mass is 32.2. The number of anilines is 1. The summed E-state index contributed by atoms with van der Waals surface area (Å²) in [4.78, 5) is 17.1. The Morgan fingerprint density at radius 2 is 1.73 bits per heavy atom. The van der Waals surface area contributed by atoms with Crippen LogP contribution in [0.25, 0.3) is 11.3 Å². The number of para-hydroxylation sites is 1. The number of rotatable bonds is 7. The second kappa shape index (κ2) is 9.01. The van der Waals surface area contributed by atoms with Crippen molar-refractivity contribution in [3.8, 4) is 11.3 Å². The molecular formula is C21H22N2OS2. The molecule has 0 aliphatic heterocycles. The molecule has 0 bridgehead atoms. The van der Waals surface area contributed by atoms with E-state index in [1.54, 1.807) is 11.3 Å². The number of carbonyl (C=O) groups is 1. The van der Waals surface area contributed by atoms with Crippen molar-refractivity contribution in [1.29, 1.82) is 0 Å². The van der Waals surface area contributed by atoms with E-state index in [4.69, 9.17) is 0 Å². The van der Waals surface area contributed by atoms with Crippen molar-refractivity contribution in [3.05, 3.63) is 65.0 Å². The van der Waals surface area contributed by atoms with E-state index < -0.39 is 0 Å².